The van der Waals surface area contributed by atoms with Crippen molar-refractivity contribution in [1.29, 1.82) is 0 Å². The minimum absolute atomic E-state index is 0.227. The van der Waals surface area contributed by atoms with Crippen molar-refractivity contribution in [1.82, 2.24) is 4.90 Å². The maximum atomic E-state index is 12.0. The van der Waals surface area contributed by atoms with Crippen LogP contribution in [0, 0.1) is 0 Å². The minimum Gasteiger partial charge on any atom is -0.465 e. The average molecular weight is 379 g/mol. The van der Waals surface area contributed by atoms with Crippen LogP contribution in [0.2, 0.25) is 10.0 Å². The van der Waals surface area contributed by atoms with Gasteiger partial charge in [0.1, 0.15) is 0 Å². The lowest BCUT2D eigenvalue weighted by molar-refractivity contribution is 0.198. The molecule has 6 heteroatoms. The summed E-state index contributed by atoms with van der Waals surface area (Å²) in [5, 5.41) is 10.9. The van der Waals surface area contributed by atoms with Crippen molar-refractivity contribution < 1.29 is 9.90 Å². The molecule has 0 bridgehead atoms. The van der Waals surface area contributed by atoms with E-state index in [0.29, 0.717) is 22.3 Å². The Labute approximate surface area is 157 Å². The minimum atomic E-state index is -0.960. The van der Waals surface area contributed by atoms with Crippen molar-refractivity contribution in [2.75, 3.05) is 25.0 Å². The lowest BCUT2D eigenvalue weighted by atomic mass is 10.0. The highest BCUT2D eigenvalue weighted by Gasteiger charge is 2.28. The maximum Gasteiger partial charge on any atom is 0.411 e. The lowest BCUT2D eigenvalue weighted by Gasteiger charge is -2.28. The summed E-state index contributed by atoms with van der Waals surface area (Å²) in [6.45, 7) is 1.44. The fraction of sp³-hybridized carbons (Fsp3) is 0.316. The monoisotopic (exact) mass is 378 g/mol. The zero-order valence-corrected chi connectivity index (χ0v) is 15.5. The van der Waals surface area contributed by atoms with Crippen LogP contribution in [0.25, 0.3) is 11.1 Å². The fourth-order valence-electron chi connectivity index (χ4n) is 3.34. The Morgan fingerprint density at radius 3 is 2.64 bits per heavy atom. The molecule has 1 unspecified atom stereocenters. The number of amides is 1. The molecule has 1 amide bonds. The third-order valence-corrected chi connectivity index (χ3v) is 5.26. The molecule has 0 spiro atoms. The number of nitrogens with zero attached hydrogens (tertiary/aromatic N) is 2. The molecule has 1 saturated heterocycles. The van der Waals surface area contributed by atoms with E-state index in [0.717, 1.165) is 30.5 Å². The van der Waals surface area contributed by atoms with Crippen LogP contribution in [0.5, 0.6) is 0 Å². The maximum absolute atomic E-state index is 12.0. The predicted octanol–water partition coefficient (Wildman–Crippen LogP) is 5.24. The molecule has 0 saturated carbocycles. The normalized spacial score (nSPS) is 17.6. The largest absolute Gasteiger partial charge is 0.465 e. The Balaban J connectivity index is 2.01. The smallest absolute Gasteiger partial charge is 0.411 e. The lowest BCUT2D eigenvalue weighted by Crippen LogP contribution is -2.41. The second-order valence-electron chi connectivity index (χ2n) is 6.31. The topological polar surface area (TPSA) is 43.8 Å². The molecule has 2 aromatic rings. The number of para-hydroxylation sites is 1. The summed E-state index contributed by atoms with van der Waals surface area (Å²) in [6.07, 6.45) is 1.14. The van der Waals surface area contributed by atoms with Crippen LogP contribution >= 0.6 is 23.2 Å². The van der Waals surface area contributed by atoms with Crippen molar-refractivity contribution in [3.8, 4) is 11.1 Å². The molecule has 1 aliphatic rings. The van der Waals surface area contributed by atoms with Gasteiger partial charge in [0.05, 0.1) is 5.69 Å². The molecular weight excluding hydrogens is 359 g/mol. The molecule has 1 N–H and O–H groups in total. The molecule has 0 aliphatic carbocycles. The molecule has 25 heavy (non-hydrogen) atoms. The van der Waals surface area contributed by atoms with Gasteiger partial charge in [-0.1, -0.05) is 47.5 Å². The number of halogens is 2. The number of carboxylic acid groups (broad SMARTS) is 1. The highest BCUT2D eigenvalue weighted by molar-refractivity contribution is 6.36. The van der Waals surface area contributed by atoms with Gasteiger partial charge in [-0.25, -0.2) is 4.79 Å². The third kappa shape index (κ3) is 3.92. The SMILES string of the molecule is CN1CCCC1CN(C(=O)O)c1ccccc1-c1ccc(Cl)cc1Cl. The van der Waals surface area contributed by atoms with Crippen molar-refractivity contribution in [3.63, 3.8) is 0 Å². The van der Waals surface area contributed by atoms with Gasteiger partial charge in [0.2, 0.25) is 0 Å². The van der Waals surface area contributed by atoms with Crippen molar-refractivity contribution in [2.45, 2.75) is 18.9 Å². The number of anilines is 1. The van der Waals surface area contributed by atoms with Crippen LogP contribution in [0.3, 0.4) is 0 Å². The highest BCUT2D eigenvalue weighted by Crippen LogP contribution is 2.37. The average Bonchev–Trinajstić information content (AvgIpc) is 2.97. The number of carbonyl (C=O) groups is 1. The van der Waals surface area contributed by atoms with Crippen molar-refractivity contribution >= 4 is 35.0 Å². The zero-order valence-electron chi connectivity index (χ0n) is 14.0. The first-order chi connectivity index (χ1) is 12.0. The van der Waals surface area contributed by atoms with Gasteiger partial charge in [-0.05, 0) is 44.6 Å². The molecule has 1 heterocycles. The molecule has 132 valence electrons. The van der Waals surface area contributed by atoms with Gasteiger partial charge < -0.3 is 10.0 Å². The molecule has 0 radical (unpaired) electrons. The summed E-state index contributed by atoms with van der Waals surface area (Å²) in [4.78, 5) is 15.6. The molecule has 4 nitrogen and oxygen atoms in total. The van der Waals surface area contributed by atoms with Crippen LogP contribution in [0.1, 0.15) is 12.8 Å². The molecule has 2 aromatic carbocycles. The number of hydrogen-bond acceptors (Lipinski definition) is 2. The Bertz CT molecular complexity index is 782. The van der Waals surface area contributed by atoms with Gasteiger partial charge >= 0.3 is 6.09 Å². The van der Waals surface area contributed by atoms with E-state index in [-0.39, 0.29) is 6.04 Å². The van der Waals surface area contributed by atoms with Gasteiger partial charge in [0, 0.05) is 33.8 Å². The first-order valence-corrected chi connectivity index (χ1v) is 8.98. The van der Waals surface area contributed by atoms with E-state index in [1.807, 2.05) is 37.4 Å². The standard InChI is InChI=1S/C19H20Cl2N2O2/c1-22-10-4-5-14(22)12-23(19(24)25)18-7-3-2-6-16(18)15-9-8-13(20)11-17(15)21/h2-3,6-9,11,14H,4-5,10,12H2,1H3,(H,24,25). The summed E-state index contributed by atoms with van der Waals surface area (Å²) >= 11 is 12.3. The van der Waals surface area contributed by atoms with E-state index in [1.54, 1.807) is 12.1 Å². The van der Waals surface area contributed by atoms with E-state index < -0.39 is 6.09 Å². The van der Waals surface area contributed by atoms with E-state index >= 15 is 0 Å². The molecule has 1 atom stereocenters. The van der Waals surface area contributed by atoms with Crippen molar-refractivity contribution in [2.24, 2.45) is 0 Å². The summed E-state index contributed by atoms with van der Waals surface area (Å²) in [5.74, 6) is 0. The summed E-state index contributed by atoms with van der Waals surface area (Å²) in [6, 6.07) is 12.9. The van der Waals surface area contributed by atoms with E-state index in [2.05, 4.69) is 4.90 Å². The number of likely N-dealkylation sites (N-methyl/N-ethyl adjacent to an activating group) is 1. The van der Waals surface area contributed by atoms with Gasteiger partial charge in [-0.15, -0.1) is 0 Å². The molecule has 1 fully saturated rings. The summed E-state index contributed by atoms with van der Waals surface area (Å²) in [5.41, 5.74) is 2.19. The summed E-state index contributed by atoms with van der Waals surface area (Å²) < 4.78 is 0. The van der Waals surface area contributed by atoms with E-state index in [1.165, 1.54) is 4.90 Å². The quantitative estimate of drug-likeness (QED) is 0.790. The third-order valence-electron chi connectivity index (χ3n) is 4.71. The van der Waals surface area contributed by atoms with Crippen LogP contribution < -0.4 is 4.90 Å². The van der Waals surface area contributed by atoms with Crippen LogP contribution in [-0.4, -0.2) is 42.3 Å². The first kappa shape index (κ1) is 18.1. The van der Waals surface area contributed by atoms with Gasteiger partial charge in [0.15, 0.2) is 0 Å². The van der Waals surface area contributed by atoms with Crippen molar-refractivity contribution in [3.05, 3.63) is 52.5 Å². The van der Waals surface area contributed by atoms with E-state index in [9.17, 15) is 9.90 Å². The summed E-state index contributed by atoms with van der Waals surface area (Å²) in [7, 11) is 2.04. The first-order valence-electron chi connectivity index (χ1n) is 8.22. The number of likely N-dealkylation sites (tertiary alicyclic amines) is 1. The second kappa shape index (κ2) is 7.65. The molecule has 3 rings (SSSR count). The predicted molar refractivity (Wildman–Crippen MR) is 103 cm³/mol. The number of hydrogen-bond donors (Lipinski definition) is 1. The number of benzene rings is 2. The van der Waals surface area contributed by atoms with Crippen LogP contribution in [-0.2, 0) is 0 Å². The molecule has 1 aliphatic heterocycles. The Morgan fingerprint density at radius 2 is 2.00 bits per heavy atom. The Kier molecular flexibility index (Phi) is 5.52. The van der Waals surface area contributed by atoms with E-state index in [4.69, 9.17) is 23.2 Å². The molecule has 0 aromatic heterocycles. The highest BCUT2D eigenvalue weighted by atomic mass is 35.5. The van der Waals surface area contributed by atoms with Gasteiger partial charge in [-0.3, -0.25) is 4.90 Å². The Hall–Kier alpha value is -1.75. The zero-order chi connectivity index (χ0) is 18.0. The van der Waals surface area contributed by atoms with Gasteiger partial charge in [-0.2, -0.15) is 0 Å². The van der Waals surface area contributed by atoms with Crippen LogP contribution in [0.15, 0.2) is 42.5 Å². The van der Waals surface area contributed by atoms with Crippen LogP contribution in [0.4, 0.5) is 10.5 Å². The second-order valence-corrected chi connectivity index (χ2v) is 7.15. The molecular formula is C19H20Cl2N2O2. The van der Waals surface area contributed by atoms with Gasteiger partial charge in [0.25, 0.3) is 0 Å². The number of rotatable bonds is 4. The Morgan fingerprint density at radius 1 is 1.24 bits per heavy atom. The fourth-order valence-corrected chi connectivity index (χ4v) is 3.86.